The molecular weight excluding hydrogens is 252 g/mol. The normalized spacial score (nSPS) is 10.2. The van der Waals surface area contributed by atoms with E-state index in [9.17, 15) is 4.79 Å². The van der Waals surface area contributed by atoms with E-state index in [-0.39, 0.29) is 5.91 Å². The van der Waals surface area contributed by atoms with Crippen LogP contribution in [0.1, 0.15) is 15.9 Å². The van der Waals surface area contributed by atoms with Gasteiger partial charge in [-0.1, -0.05) is 18.2 Å². The summed E-state index contributed by atoms with van der Waals surface area (Å²) in [4.78, 5) is 12.2. The van der Waals surface area contributed by atoms with Crippen molar-refractivity contribution in [3.05, 3.63) is 65.9 Å². The van der Waals surface area contributed by atoms with Crippen LogP contribution in [0.15, 0.2) is 59.2 Å². The molecule has 0 radical (unpaired) electrons. The first-order chi connectivity index (χ1) is 9.78. The van der Waals surface area contributed by atoms with Crippen molar-refractivity contribution in [1.82, 2.24) is 0 Å². The van der Waals surface area contributed by atoms with Gasteiger partial charge in [0, 0.05) is 11.1 Å². The van der Waals surface area contributed by atoms with Crippen LogP contribution in [0.4, 0.5) is 5.69 Å². The van der Waals surface area contributed by atoms with Crippen molar-refractivity contribution >= 4 is 22.6 Å². The highest BCUT2D eigenvalue weighted by atomic mass is 16.3. The third-order valence-electron chi connectivity index (χ3n) is 3.00. The molecule has 1 N–H and O–H groups in total. The monoisotopic (exact) mass is 262 g/mol. The van der Waals surface area contributed by atoms with E-state index in [0.717, 1.165) is 5.39 Å². The standard InChI is InChI=1S/C16H10N2O2/c17-9-11-5-7-12(8-6-11)18-16(19)14-10-20-15-4-2-1-3-13(14)15/h1-8,10H,(H,18,19). The Morgan fingerprint density at radius 3 is 2.60 bits per heavy atom. The number of hydrogen-bond acceptors (Lipinski definition) is 3. The number of fused-ring (bicyclic) bond motifs is 1. The number of para-hydroxylation sites is 1. The third kappa shape index (κ3) is 2.13. The van der Waals surface area contributed by atoms with Crippen molar-refractivity contribution in [1.29, 1.82) is 5.26 Å². The van der Waals surface area contributed by atoms with Crippen LogP contribution in [0.3, 0.4) is 0 Å². The maximum atomic E-state index is 12.2. The molecule has 0 fully saturated rings. The maximum Gasteiger partial charge on any atom is 0.259 e. The zero-order valence-electron chi connectivity index (χ0n) is 10.5. The molecule has 1 aromatic heterocycles. The minimum absolute atomic E-state index is 0.236. The first kappa shape index (κ1) is 12.0. The van der Waals surface area contributed by atoms with Crippen LogP contribution in [0.5, 0.6) is 0 Å². The Labute approximate surface area is 115 Å². The summed E-state index contributed by atoms with van der Waals surface area (Å²) in [5, 5.41) is 12.3. The minimum atomic E-state index is -0.236. The Kier molecular flexibility index (Phi) is 2.94. The van der Waals surface area contributed by atoms with Crippen molar-refractivity contribution in [2.45, 2.75) is 0 Å². The summed E-state index contributed by atoms with van der Waals surface area (Å²) in [7, 11) is 0. The molecule has 0 spiro atoms. The number of anilines is 1. The Hall–Kier alpha value is -3.06. The van der Waals surface area contributed by atoms with Gasteiger partial charge in [0.1, 0.15) is 11.8 Å². The largest absolute Gasteiger partial charge is 0.463 e. The average molecular weight is 262 g/mol. The number of benzene rings is 2. The highest BCUT2D eigenvalue weighted by Gasteiger charge is 2.13. The van der Waals surface area contributed by atoms with Crippen LogP contribution in [-0.2, 0) is 0 Å². The lowest BCUT2D eigenvalue weighted by molar-refractivity contribution is 0.102. The first-order valence-electron chi connectivity index (χ1n) is 6.05. The summed E-state index contributed by atoms with van der Waals surface area (Å²) in [6.45, 7) is 0. The number of carbonyl (C=O) groups is 1. The van der Waals surface area contributed by atoms with Gasteiger partial charge in [0.15, 0.2) is 0 Å². The van der Waals surface area contributed by atoms with Crippen molar-refractivity contribution in [2.75, 3.05) is 5.32 Å². The lowest BCUT2D eigenvalue weighted by Gasteiger charge is -2.03. The second-order valence-electron chi connectivity index (χ2n) is 4.29. The number of nitrogens with zero attached hydrogens (tertiary/aromatic N) is 1. The summed E-state index contributed by atoms with van der Waals surface area (Å²) >= 11 is 0. The number of nitriles is 1. The lowest BCUT2D eigenvalue weighted by Crippen LogP contribution is -2.11. The van der Waals surface area contributed by atoms with Gasteiger partial charge in [-0.3, -0.25) is 4.79 Å². The van der Waals surface area contributed by atoms with Gasteiger partial charge in [-0.2, -0.15) is 5.26 Å². The van der Waals surface area contributed by atoms with E-state index >= 15 is 0 Å². The van der Waals surface area contributed by atoms with Gasteiger partial charge in [0.25, 0.3) is 5.91 Å². The second kappa shape index (κ2) is 4.90. The summed E-state index contributed by atoms with van der Waals surface area (Å²) in [5.41, 5.74) is 2.36. The fraction of sp³-hybridized carbons (Fsp3) is 0. The van der Waals surface area contributed by atoms with Crippen molar-refractivity contribution < 1.29 is 9.21 Å². The van der Waals surface area contributed by atoms with Crippen LogP contribution < -0.4 is 5.32 Å². The molecule has 0 saturated heterocycles. The molecule has 0 unspecified atom stereocenters. The van der Waals surface area contributed by atoms with Gasteiger partial charge in [0.2, 0.25) is 0 Å². The lowest BCUT2D eigenvalue weighted by atomic mass is 10.1. The van der Waals surface area contributed by atoms with Gasteiger partial charge < -0.3 is 9.73 Å². The van der Waals surface area contributed by atoms with Crippen LogP contribution in [0, 0.1) is 11.3 Å². The zero-order chi connectivity index (χ0) is 13.9. The van der Waals surface area contributed by atoms with Crippen molar-refractivity contribution in [3.8, 4) is 6.07 Å². The molecule has 0 bridgehead atoms. The molecule has 1 amide bonds. The van der Waals surface area contributed by atoms with E-state index in [1.54, 1.807) is 24.3 Å². The van der Waals surface area contributed by atoms with Crippen molar-refractivity contribution in [2.24, 2.45) is 0 Å². The van der Waals surface area contributed by atoms with Crippen LogP contribution in [0.25, 0.3) is 11.0 Å². The van der Waals surface area contributed by atoms with Crippen LogP contribution >= 0.6 is 0 Å². The molecule has 0 saturated carbocycles. The number of rotatable bonds is 2. The fourth-order valence-corrected chi connectivity index (χ4v) is 1.98. The highest BCUT2D eigenvalue weighted by Crippen LogP contribution is 2.21. The van der Waals surface area contributed by atoms with Gasteiger partial charge in [-0.15, -0.1) is 0 Å². The molecule has 4 heteroatoms. The van der Waals surface area contributed by atoms with E-state index in [1.165, 1.54) is 6.26 Å². The Bertz CT molecular complexity index is 810. The third-order valence-corrected chi connectivity index (χ3v) is 3.00. The molecule has 0 aliphatic rings. The molecule has 2 aromatic carbocycles. The number of carbonyl (C=O) groups excluding carboxylic acids is 1. The zero-order valence-corrected chi connectivity index (χ0v) is 10.5. The maximum absolute atomic E-state index is 12.2. The molecule has 3 rings (SSSR count). The number of furan rings is 1. The summed E-state index contributed by atoms with van der Waals surface area (Å²) in [5.74, 6) is -0.236. The van der Waals surface area contributed by atoms with Crippen LogP contribution in [0.2, 0.25) is 0 Å². The smallest absolute Gasteiger partial charge is 0.259 e. The topological polar surface area (TPSA) is 66.0 Å². The number of amides is 1. The molecule has 0 aliphatic carbocycles. The SMILES string of the molecule is N#Cc1ccc(NC(=O)c2coc3ccccc23)cc1. The van der Waals surface area contributed by atoms with Gasteiger partial charge in [0.05, 0.1) is 17.2 Å². The quantitative estimate of drug-likeness (QED) is 0.767. The van der Waals surface area contributed by atoms with E-state index in [4.69, 9.17) is 9.68 Å². The summed E-state index contributed by atoms with van der Waals surface area (Å²) in [6, 6.07) is 16.1. The second-order valence-corrected chi connectivity index (χ2v) is 4.29. The first-order valence-corrected chi connectivity index (χ1v) is 6.05. The van der Waals surface area contributed by atoms with E-state index in [1.807, 2.05) is 30.3 Å². The predicted molar refractivity (Wildman–Crippen MR) is 75.3 cm³/mol. The molecule has 3 aromatic rings. The Morgan fingerprint density at radius 2 is 1.85 bits per heavy atom. The average Bonchev–Trinajstić information content (AvgIpc) is 2.92. The molecule has 4 nitrogen and oxygen atoms in total. The van der Waals surface area contributed by atoms with Crippen molar-refractivity contribution in [3.63, 3.8) is 0 Å². The summed E-state index contributed by atoms with van der Waals surface area (Å²) < 4.78 is 5.34. The van der Waals surface area contributed by atoms with E-state index in [0.29, 0.717) is 22.4 Å². The van der Waals surface area contributed by atoms with Gasteiger partial charge >= 0.3 is 0 Å². The molecular formula is C16H10N2O2. The number of nitrogens with one attached hydrogen (secondary N) is 1. The molecule has 0 aliphatic heterocycles. The predicted octanol–water partition coefficient (Wildman–Crippen LogP) is 3.56. The highest BCUT2D eigenvalue weighted by molar-refractivity contribution is 6.12. The molecule has 0 atom stereocenters. The number of hydrogen-bond donors (Lipinski definition) is 1. The van der Waals surface area contributed by atoms with Gasteiger partial charge in [-0.05, 0) is 30.3 Å². The van der Waals surface area contributed by atoms with E-state index < -0.39 is 0 Å². The minimum Gasteiger partial charge on any atom is -0.463 e. The Morgan fingerprint density at radius 1 is 1.10 bits per heavy atom. The molecule has 20 heavy (non-hydrogen) atoms. The van der Waals surface area contributed by atoms with E-state index in [2.05, 4.69) is 5.32 Å². The summed E-state index contributed by atoms with van der Waals surface area (Å²) in [6.07, 6.45) is 1.45. The van der Waals surface area contributed by atoms with Gasteiger partial charge in [-0.25, -0.2) is 0 Å². The Balaban J connectivity index is 1.87. The molecule has 96 valence electrons. The fourth-order valence-electron chi connectivity index (χ4n) is 1.98. The molecule has 1 heterocycles. The van der Waals surface area contributed by atoms with Crippen LogP contribution in [-0.4, -0.2) is 5.91 Å².